The summed E-state index contributed by atoms with van der Waals surface area (Å²) in [6.45, 7) is 4.87. The number of halogens is 4. The van der Waals surface area contributed by atoms with Gasteiger partial charge in [0.1, 0.15) is 5.75 Å². The molecule has 20 heavy (non-hydrogen) atoms. The molecule has 1 unspecified atom stereocenters. The van der Waals surface area contributed by atoms with Gasteiger partial charge in [-0.1, -0.05) is 25.8 Å². The summed E-state index contributed by atoms with van der Waals surface area (Å²) in [5.41, 5.74) is 0.912. The Morgan fingerprint density at radius 3 is 2.60 bits per heavy atom. The van der Waals surface area contributed by atoms with E-state index < -0.39 is 6.36 Å². The summed E-state index contributed by atoms with van der Waals surface area (Å²) in [5, 5.41) is 3.34. The van der Waals surface area contributed by atoms with Crippen LogP contribution in [0.3, 0.4) is 0 Å². The highest BCUT2D eigenvalue weighted by atomic mass is 79.9. The molecule has 0 saturated carbocycles. The lowest BCUT2D eigenvalue weighted by molar-refractivity contribution is -0.274. The summed E-state index contributed by atoms with van der Waals surface area (Å²) in [7, 11) is 0. The quantitative estimate of drug-likeness (QED) is 0.743. The lowest BCUT2D eigenvalue weighted by Crippen LogP contribution is -2.25. The summed E-state index contributed by atoms with van der Waals surface area (Å²) in [6.07, 6.45) is -1.26. The van der Waals surface area contributed by atoms with E-state index in [-0.39, 0.29) is 5.75 Å². The molecule has 1 aromatic rings. The van der Waals surface area contributed by atoms with Crippen LogP contribution in [0.15, 0.2) is 22.7 Å². The van der Waals surface area contributed by atoms with Crippen LogP contribution in [0.4, 0.5) is 13.2 Å². The third kappa shape index (κ3) is 6.61. The third-order valence-corrected chi connectivity index (χ3v) is 3.49. The van der Waals surface area contributed by atoms with Crippen LogP contribution in [-0.4, -0.2) is 12.4 Å². The molecule has 0 fully saturated rings. The predicted molar refractivity (Wildman–Crippen MR) is 76.7 cm³/mol. The van der Waals surface area contributed by atoms with E-state index in [9.17, 15) is 13.2 Å². The van der Waals surface area contributed by atoms with E-state index in [1.54, 1.807) is 12.1 Å². The topological polar surface area (TPSA) is 21.3 Å². The first-order valence-electron chi connectivity index (χ1n) is 6.59. The van der Waals surface area contributed by atoms with Crippen LogP contribution >= 0.6 is 15.9 Å². The van der Waals surface area contributed by atoms with Gasteiger partial charge in [0.05, 0.1) is 4.47 Å². The second kappa shape index (κ2) is 7.88. The number of rotatable bonds is 7. The van der Waals surface area contributed by atoms with Gasteiger partial charge >= 0.3 is 6.36 Å². The van der Waals surface area contributed by atoms with Crippen molar-refractivity contribution < 1.29 is 17.9 Å². The van der Waals surface area contributed by atoms with Crippen molar-refractivity contribution in [3.05, 3.63) is 28.2 Å². The van der Waals surface area contributed by atoms with Crippen molar-refractivity contribution in [2.75, 3.05) is 0 Å². The molecule has 0 aromatic heterocycles. The normalized spacial score (nSPS) is 13.3. The summed E-state index contributed by atoms with van der Waals surface area (Å²) in [5.74, 6) is -0.222. The van der Waals surface area contributed by atoms with Crippen LogP contribution in [0.2, 0.25) is 0 Å². The third-order valence-electron chi connectivity index (χ3n) is 2.87. The Balaban J connectivity index is 2.55. The minimum absolute atomic E-state index is 0.222. The number of benzene rings is 1. The van der Waals surface area contributed by atoms with E-state index in [0.717, 1.165) is 24.8 Å². The number of nitrogens with one attached hydrogen (secondary N) is 1. The molecule has 0 bridgehead atoms. The van der Waals surface area contributed by atoms with Crippen molar-refractivity contribution in [3.8, 4) is 5.75 Å². The first-order chi connectivity index (χ1) is 9.31. The fourth-order valence-electron chi connectivity index (χ4n) is 1.77. The van der Waals surface area contributed by atoms with Crippen molar-refractivity contribution in [2.45, 2.75) is 52.1 Å². The minimum Gasteiger partial charge on any atom is -0.405 e. The number of hydrogen-bond acceptors (Lipinski definition) is 2. The largest absolute Gasteiger partial charge is 0.573 e. The maximum atomic E-state index is 12.1. The van der Waals surface area contributed by atoms with E-state index in [1.807, 2.05) is 0 Å². The zero-order valence-electron chi connectivity index (χ0n) is 11.6. The van der Waals surface area contributed by atoms with Gasteiger partial charge in [-0.15, -0.1) is 13.2 Å². The maximum Gasteiger partial charge on any atom is 0.573 e. The molecule has 0 saturated heterocycles. The Labute approximate surface area is 125 Å². The molecule has 1 rings (SSSR count). The van der Waals surface area contributed by atoms with Crippen LogP contribution in [-0.2, 0) is 6.54 Å². The summed E-state index contributed by atoms with van der Waals surface area (Å²) < 4.78 is 40.6. The van der Waals surface area contributed by atoms with Crippen molar-refractivity contribution in [1.29, 1.82) is 0 Å². The maximum absolute atomic E-state index is 12.1. The molecule has 0 radical (unpaired) electrons. The van der Waals surface area contributed by atoms with Gasteiger partial charge in [0.15, 0.2) is 0 Å². The molecular weight excluding hydrogens is 335 g/mol. The van der Waals surface area contributed by atoms with Crippen molar-refractivity contribution in [1.82, 2.24) is 5.32 Å². The second-order valence-electron chi connectivity index (χ2n) is 4.74. The van der Waals surface area contributed by atoms with Crippen molar-refractivity contribution in [3.63, 3.8) is 0 Å². The van der Waals surface area contributed by atoms with Crippen LogP contribution < -0.4 is 10.1 Å². The van der Waals surface area contributed by atoms with Gasteiger partial charge in [-0.2, -0.15) is 0 Å². The highest BCUT2D eigenvalue weighted by Crippen LogP contribution is 2.31. The monoisotopic (exact) mass is 353 g/mol. The molecule has 0 aliphatic carbocycles. The lowest BCUT2D eigenvalue weighted by Gasteiger charge is -2.15. The second-order valence-corrected chi connectivity index (χ2v) is 5.59. The van der Waals surface area contributed by atoms with Gasteiger partial charge in [-0.05, 0) is 47.0 Å². The molecular formula is C14H19BrF3NO. The molecule has 1 atom stereocenters. The van der Waals surface area contributed by atoms with E-state index in [4.69, 9.17) is 0 Å². The molecule has 0 aliphatic rings. The van der Waals surface area contributed by atoms with Gasteiger partial charge in [-0.3, -0.25) is 0 Å². The van der Waals surface area contributed by atoms with Gasteiger partial charge in [-0.25, -0.2) is 0 Å². The van der Waals surface area contributed by atoms with Crippen LogP contribution in [0, 0.1) is 0 Å². The smallest absolute Gasteiger partial charge is 0.405 e. The zero-order valence-corrected chi connectivity index (χ0v) is 13.1. The number of alkyl halides is 3. The highest BCUT2D eigenvalue weighted by Gasteiger charge is 2.31. The standard InChI is InChI=1S/C14H19BrF3NO/c1-3-4-5-10(2)19-9-11-6-7-13(12(15)8-11)20-14(16,17)18/h6-8,10,19H,3-5,9H2,1-2H3. The zero-order chi connectivity index (χ0) is 15.2. The first-order valence-corrected chi connectivity index (χ1v) is 7.38. The summed E-state index contributed by atoms with van der Waals surface area (Å²) >= 11 is 3.10. The van der Waals surface area contributed by atoms with Gasteiger partial charge < -0.3 is 10.1 Å². The van der Waals surface area contributed by atoms with E-state index in [2.05, 4.69) is 39.8 Å². The molecule has 0 amide bonds. The van der Waals surface area contributed by atoms with Crippen LogP contribution in [0.5, 0.6) is 5.75 Å². The van der Waals surface area contributed by atoms with Crippen LogP contribution in [0.1, 0.15) is 38.7 Å². The Hall–Kier alpha value is -0.750. The SMILES string of the molecule is CCCCC(C)NCc1ccc(OC(F)(F)F)c(Br)c1. The Bertz CT molecular complexity index is 423. The van der Waals surface area contributed by atoms with Gasteiger partial charge in [0, 0.05) is 12.6 Å². The Morgan fingerprint density at radius 2 is 2.05 bits per heavy atom. The highest BCUT2D eigenvalue weighted by molar-refractivity contribution is 9.10. The van der Waals surface area contributed by atoms with Crippen LogP contribution in [0.25, 0.3) is 0 Å². The Kier molecular flexibility index (Phi) is 6.82. The fourth-order valence-corrected chi connectivity index (χ4v) is 2.27. The molecule has 2 nitrogen and oxygen atoms in total. The minimum atomic E-state index is -4.67. The molecule has 0 spiro atoms. The Morgan fingerprint density at radius 1 is 1.35 bits per heavy atom. The molecule has 0 heterocycles. The molecule has 1 aromatic carbocycles. The van der Waals surface area contributed by atoms with E-state index in [1.165, 1.54) is 6.07 Å². The van der Waals surface area contributed by atoms with Crippen molar-refractivity contribution in [2.24, 2.45) is 0 Å². The molecule has 1 N–H and O–H groups in total. The van der Waals surface area contributed by atoms with Crippen molar-refractivity contribution >= 4 is 15.9 Å². The first kappa shape index (κ1) is 17.3. The average Bonchev–Trinajstić information content (AvgIpc) is 2.35. The predicted octanol–water partition coefficient (Wildman–Crippen LogP) is 5.02. The number of ether oxygens (including phenoxy) is 1. The summed E-state index contributed by atoms with van der Waals surface area (Å²) in [4.78, 5) is 0. The molecule has 6 heteroatoms. The van der Waals surface area contributed by atoms with Gasteiger partial charge in [0.25, 0.3) is 0 Å². The lowest BCUT2D eigenvalue weighted by atomic mass is 10.1. The number of hydrogen-bond donors (Lipinski definition) is 1. The molecule has 0 aliphatic heterocycles. The average molecular weight is 354 g/mol. The summed E-state index contributed by atoms with van der Waals surface area (Å²) in [6, 6.07) is 4.98. The molecule has 114 valence electrons. The fraction of sp³-hybridized carbons (Fsp3) is 0.571. The number of unbranched alkanes of at least 4 members (excludes halogenated alkanes) is 1. The van der Waals surface area contributed by atoms with E-state index in [0.29, 0.717) is 17.1 Å². The van der Waals surface area contributed by atoms with E-state index >= 15 is 0 Å². The van der Waals surface area contributed by atoms with Gasteiger partial charge in [0.2, 0.25) is 0 Å².